The first-order valence-electron chi connectivity index (χ1n) is 6.52. The average molecular weight is 281 g/mol. The van der Waals surface area contributed by atoms with Crippen LogP contribution in [0.3, 0.4) is 0 Å². The molecule has 0 fully saturated rings. The van der Waals surface area contributed by atoms with Crippen LogP contribution in [0.4, 0.5) is 11.4 Å². The molecule has 2 aromatic heterocycles. The Morgan fingerprint density at radius 1 is 1.24 bits per heavy atom. The van der Waals surface area contributed by atoms with Gasteiger partial charge in [0, 0.05) is 31.5 Å². The highest BCUT2D eigenvalue weighted by molar-refractivity contribution is 6.06. The molecule has 0 saturated carbocycles. The number of aromatic nitrogens is 3. The molecular weight excluding hydrogens is 266 g/mol. The van der Waals surface area contributed by atoms with Crippen LogP contribution in [-0.2, 0) is 0 Å². The van der Waals surface area contributed by atoms with Gasteiger partial charge in [-0.05, 0) is 30.3 Å². The van der Waals surface area contributed by atoms with Crippen LogP contribution in [0.5, 0.6) is 0 Å². The Kier molecular flexibility index (Phi) is 3.27. The minimum atomic E-state index is -0.171. The second kappa shape index (κ2) is 5.24. The van der Waals surface area contributed by atoms with E-state index < -0.39 is 0 Å². The van der Waals surface area contributed by atoms with E-state index in [0.717, 1.165) is 5.69 Å². The van der Waals surface area contributed by atoms with Gasteiger partial charge in [0.2, 0.25) is 0 Å². The van der Waals surface area contributed by atoms with Crippen molar-refractivity contribution in [3.8, 4) is 0 Å². The maximum Gasteiger partial charge on any atom is 0.255 e. The molecule has 0 aliphatic carbocycles. The molecule has 0 atom stereocenters. The molecule has 0 radical (unpaired) electrons. The SMILES string of the molecule is CN(C)c1cccc(C(=O)Nc2cccn3cnnc23)c1. The van der Waals surface area contributed by atoms with E-state index >= 15 is 0 Å². The van der Waals surface area contributed by atoms with Crippen molar-refractivity contribution in [3.05, 3.63) is 54.5 Å². The largest absolute Gasteiger partial charge is 0.378 e. The monoisotopic (exact) mass is 281 g/mol. The number of hydrogen-bond donors (Lipinski definition) is 1. The van der Waals surface area contributed by atoms with E-state index in [4.69, 9.17) is 0 Å². The van der Waals surface area contributed by atoms with Crippen molar-refractivity contribution in [2.24, 2.45) is 0 Å². The summed E-state index contributed by atoms with van der Waals surface area (Å²) in [5.74, 6) is -0.171. The zero-order chi connectivity index (χ0) is 14.8. The van der Waals surface area contributed by atoms with Crippen LogP contribution in [-0.4, -0.2) is 34.6 Å². The zero-order valence-corrected chi connectivity index (χ0v) is 11.8. The summed E-state index contributed by atoms with van der Waals surface area (Å²) in [4.78, 5) is 14.3. The average Bonchev–Trinajstić information content (AvgIpc) is 2.97. The van der Waals surface area contributed by atoms with E-state index in [2.05, 4.69) is 15.5 Å². The molecule has 0 saturated heterocycles. The molecule has 3 aromatic rings. The number of fused-ring (bicyclic) bond motifs is 1. The summed E-state index contributed by atoms with van der Waals surface area (Å²) in [5.41, 5.74) is 2.83. The van der Waals surface area contributed by atoms with Crippen molar-refractivity contribution < 1.29 is 4.79 Å². The third-order valence-corrected chi connectivity index (χ3v) is 3.20. The molecule has 2 heterocycles. The van der Waals surface area contributed by atoms with Gasteiger partial charge in [-0.3, -0.25) is 9.20 Å². The molecule has 1 amide bonds. The minimum Gasteiger partial charge on any atom is -0.378 e. The summed E-state index contributed by atoms with van der Waals surface area (Å²) in [6.45, 7) is 0. The molecule has 0 bridgehead atoms. The topological polar surface area (TPSA) is 62.5 Å². The fourth-order valence-corrected chi connectivity index (χ4v) is 2.07. The van der Waals surface area contributed by atoms with Crippen LogP contribution in [0.2, 0.25) is 0 Å². The second-order valence-electron chi connectivity index (χ2n) is 4.88. The van der Waals surface area contributed by atoms with Gasteiger partial charge in [0.15, 0.2) is 5.65 Å². The van der Waals surface area contributed by atoms with E-state index in [-0.39, 0.29) is 5.91 Å². The predicted octanol–water partition coefficient (Wildman–Crippen LogP) is 2.05. The molecule has 6 heteroatoms. The van der Waals surface area contributed by atoms with Gasteiger partial charge < -0.3 is 10.2 Å². The molecular formula is C15H15N5O. The van der Waals surface area contributed by atoms with E-state index in [0.29, 0.717) is 16.9 Å². The summed E-state index contributed by atoms with van der Waals surface area (Å²) in [7, 11) is 3.88. The molecule has 0 aliphatic heterocycles. The Morgan fingerprint density at radius 2 is 2.10 bits per heavy atom. The smallest absolute Gasteiger partial charge is 0.255 e. The standard InChI is InChI=1S/C15H15N5O/c1-19(2)12-6-3-5-11(9-12)15(21)17-13-7-4-8-20-10-16-18-14(13)20/h3-10H,1-2H3,(H,17,21). The number of hydrogen-bond acceptors (Lipinski definition) is 4. The third-order valence-electron chi connectivity index (χ3n) is 3.20. The van der Waals surface area contributed by atoms with Crippen molar-refractivity contribution in [2.45, 2.75) is 0 Å². The number of amides is 1. The number of benzene rings is 1. The Bertz CT molecular complexity index is 793. The molecule has 21 heavy (non-hydrogen) atoms. The molecule has 3 rings (SSSR count). The lowest BCUT2D eigenvalue weighted by Crippen LogP contribution is -2.14. The fraction of sp³-hybridized carbons (Fsp3) is 0.133. The number of pyridine rings is 1. The second-order valence-corrected chi connectivity index (χ2v) is 4.88. The van der Waals surface area contributed by atoms with E-state index in [1.807, 2.05) is 49.5 Å². The first-order chi connectivity index (χ1) is 10.1. The quantitative estimate of drug-likeness (QED) is 0.798. The zero-order valence-electron chi connectivity index (χ0n) is 11.8. The Labute approximate surface area is 122 Å². The number of rotatable bonds is 3. The number of carbonyl (C=O) groups excluding carboxylic acids is 1. The normalized spacial score (nSPS) is 10.6. The van der Waals surface area contributed by atoms with Gasteiger partial charge in [0.1, 0.15) is 6.33 Å². The van der Waals surface area contributed by atoms with Gasteiger partial charge in [-0.2, -0.15) is 0 Å². The molecule has 1 aromatic carbocycles. The van der Waals surface area contributed by atoms with Crippen LogP contribution in [0, 0.1) is 0 Å². The van der Waals surface area contributed by atoms with Crippen LogP contribution >= 0.6 is 0 Å². The van der Waals surface area contributed by atoms with Crippen molar-refractivity contribution in [1.29, 1.82) is 0 Å². The Morgan fingerprint density at radius 3 is 2.90 bits per heavy atom. The molecule has 106 valence electrons. The molecule has 6 nitrogen and oxygen atoms in total. The highest BCUT2D eigenvalue weighted by Crippen LogP contribution is 2.17. The summed E-state index contributed by atoms with van der Waals surface area (Å²) < 4.78 is 1.76. The van der Waals surface area contributed by atoms with Crippen LogP contribution in [0.1, 0.15) is 10.4 Å². The first-order valence-corrected chi connectivity index (χ1v) is 6.52. The van der Waals surface area contributed by atoms with Crippen molar-refractivity contribution in [3.63, 3.8) is 0 Å². The minimum absolute atomic E-state index is 0.171. The Balaban J connectivity index is 1.89. The molecule has 1 N–H and O–H groups in total. The molecule has 0 spiro atoms. The number of nitrogens with zero attached hydrogens (tertiary/aromatic N) is 4. The van der Waals surface area contributed by atoms with Crippen LogP contribution in [0.15, 0.2) is 48.9 Å². The molecule has 0 aliphatic rings. The van der Waals surface area contributed by atoms with Crippen LogP contribution in [0.25, 0.3) is 5.65 Å². The number of nitrogens with one attached hydrogen (secondary N) is 1. The fourth-order valence-electron chi connectivity index (χ4n) is 2.07. The summed E-state index contributed by atoms with van der Waals surface area (Å²) in [6.07, 6.45) is 3.43. The van der Waals surface area contributed by atoms with Crippen molar-refractivity contribution in [1.82, 2.24) is 14.6 Å². The summed E-state index contributed by atoms with van der Waals surface area (Å²) in [6, 6.07) is 11.1. The van der Waals surface area contributed by atoms with E-state index in [1.54, 1.807) is 22.9 Å². The highest BCUT2D eigenvalue weighted by atomic mass is 16.1. The maximum absolute atomic E-state index is 12.4. The number of anilines is 2. The lowest BCUT2D eigenvalue weighted by molar-refractivity contribution is 0.102. The third kappa shape index (κ3) is 2.55. The van der Waals surface area contributed by atoms with Gasteiger partial charge in [-0.1, -0.05) is 6.07 Å². The summed E-state index contributed by atoms with van der Waals surface area (Å²) >= 11 is 0. The molecule has 0 unspecified atom stereocenters. The lowest BCUT2D eigenvalue weighted by atomic mass is 10.1. The first kappa shape index (κ1) is 13.1. The highest BCUT2D eigenvalue weighted by Gasteiger charge is 2.10. The van der Waals surface area contributed by atoms with Crippen LogP contribution < -0.4 is 10.2 Å². The maximum atomic E-state index is 12.4. The van der Waals surface area contributed by atoms with Gasteiger partial charge >= 0.3 is 0 Å². The van der Waals surface area contributed by atoms with E-state index in [1.165, 1.54) is 0 Å². The van der Waals surface area contributed by atoms with Gasteiger partial charge in [0.25, 0.3) is 5.91 Å². The van der Waals surface area contributed by atoms with E-state index in [9.17, 15) is 4.79 Å². The summed E-state index contributed by atoms with van der Waals surface area (Å²) in [5, 5.41) is 10.7. The van der Waals surface area contributed by atoms with Gasteiger partial charge in [0.05, 0.1) is 5.69 Å². The lowest BCUT2D eigenvalue weighted by Gasteiger charge is -2.13. The van der Waals surface area contributed by atoms with Crippen molar-refractivity contribution in [2.75, 3.05) is 24.3 Å². The van der Waals surface area contributed by atoms with Gasteiger partial charge in [-0.25, -0.2) is 0 Å². The van der Waals surface area contributed by atoms with Gasteiger partial charge in [-0.15, -0.1) is 10.2 Å². The number of carbonyl (C=O) groups is 1. The predicted molar refractivity (Wildman–Crippen MR) is 81.7 cm³/mol. The Hall–Kier alpha value is -2.89. The van der Waals surface area contributed by atoms with Crippen molar-refractivity contribution >= 4 is 22.9 Å².